The average molecular weight is 788 g/mol. The number of nitrogens with one attached hydrogen (secondary N) is 1. The summed E-state index contributed by atoms with van der Waals surface area (Å²) in [6.07, 6.45) is 18.8. The van der Waals surface area contributed by atoms with Crippen molar-refractivity contribution in [1.29, 1.82) is 0 Å². The molecule has 2 fully saturated rings. The van der Waals surface area contributed by atoms with E-state index in [0.717, 1.165) is 63.7 Å². The van der Waals surface area contributed by atoms with Crippen molar-refractivity contribution in [3.63, 3.8) is 0 Å². The van der Waals surface area contributed by atoms with Gasteiger partial charge in [0.2, 0.25) is 0 Å². The van der Waals surface area contributed by atoms with E-state index in [1.807, 2.05) is 12.1 Å². The summed E-state index contributed by atoms with van der Waals surface area (Å²) in [5, 5.41) is 3.08. The van der Waals surface area contributed by atoms with Gasteiger partial charge in [0.25, 0.3) is 0 Å². The molecule has 3 aromatic heterocycles. The second-order valence-corrected chi connectivity index (χ2v) is 20.5. The number of thiophene rings is 3. The molecule has 4 nitrogen and oxygen atoms in total. The van der Waals surface area contributed by atoms with Crippen LogP contribution in [-0.4, -0.2) is 64.1 Å². The summed E-state index contributed by atoms with van der Waals surface area (Å²) < 4.78 is 26.0. The lowest BCUT2D eigenvalue weighted by atomic mass is 10.1. The highest BCUT2D eigenvalue weighted by Gasteiger charge is 2.18. The van der Waals surface area contributed by atoms with Gasteiger partial charge in [0.1, 0.15) is 20.4 Å². The molecule has 0 unspecified atom stereocenters. The van der Waals surface area contributed by atoms with Gasteiger partial charge in [-0.3, -0.25) is 14.5 Å². The van der Waals surface area contributed by atoms with E-state index in [1.54, 1.807) is 29.5 Å². The Labute approximate surface area is 301 Å². The minimum absolute atomic E-state index is 0. The van der Waals surface area contributed by atoms with Gasteiger partial charge in [-0.15, -0.1) is 71.2 Å². The van der Waals surface area contributed by atoms with Crippen LogP contribution in [-0.2, 0) is 6.54 Å². The maximum absolute atomic E-state index is 12.9. The number of piperidine rings is 2. The number of likely N-dealkylation sites (tertiary alicyclic amines) is 1. The van der Waals surface area contributed by atoms with Gasteiger partial charge >= 0.3 is 0 Å². The number of nitrogens with zero attached hydrogens (tertiary/aromatic N) is 1. The van der Waals surface area contributed by atoms with E-state index in [9.17, 15) is 18.4 Å². The molecule has 0 atom stereocenters. The molecule has 0 bridgehead atoms. The van der Waals surface area contributed by atoms with Crippen molar-refractivity contribution in [3.8, 4) is 36.7 Å². The van der Waals surface area contributed by atoms with Gasteiger partial charge in [0, 0.05) is 24.5 Å². The summed E-state index contributed by atoms with van der Waals surface area (Å²) >= 11 is 7.65. The van der Waals surface area contributed by atoms with Crippen molar-refractivity contribution in [3.05, 3.63) is 64.6 Å². The van der Waals surface area contributed by atoms with Gasteiger partial charge in [-0.2, -0.15) is 0 Å². The van der Waals surface area contributed by atoms with Gasteiger partial charge in [-0.05, 0) is 91.1 Å². The van der Waals surface area contributed by atoms with E-state index < -0.39 is 20.4 Å². The van der Waals surface area contributed by atoms with Crippen molar-refractivity contribution in [1.82, 2.24) is 10.2 Å². The second-order valence-electron chi connectivity index (χ2n) is 10.9. The summed E-state index contributed by atoms with van der Waals surface area (Å²) in [7, 11) is -1.10. The predicted octanol–water partition coefficient (Wildman–Crippen LogP) is 9.16. The number of carbonyl (C=O) groups excluding carboxylic acids is 2. The summed E-state index contributed by atoms with van der Waals surface area (Å²) in [5.41, 5.74) is 2.74. The molecule has 12 heteroatoms. The fraction of sp³-hybridized carbons (Fsp3) is 0.412. The number of alkyl halides is 2. The zero-order valence-electron chi connectivity index (χ0n) is 26.4. The van der Waals surface area contributed by atoms with Gasteiger partial charge < -0.3 is 5.32 Å². The number of aldehydes is 2. The number of halogens is 4. The number of terminal acetylenes is 3. The fourth-order valence-electron chi connectivity index (χ4n) is 3.49. The Morgan fingerprint density at radius 3 is 1.67 bits per heavy atom. The summed E-state index contributed by atoms with van der Waals surface area (Å²) in [6.45, 7) is 10.8. The number of hydrogen-bond donors (Lipinski definition) is 1. The Morgan fingerprint density at radius 1 is 0.848 bits per heavy atom. The van der Waals surface area contributed by atoms with Crippen molar-refractivity contribution >= 4 is 83.0 Å². The molecular weight excluding hydrogens is 746 g/mol. The quantitative estimate of drug-likeness (QED) is 0.163. The van der Waals surface area contributed by atoms with E-state index in [1.165, 1.54) is 27.6 Å². The Morgan fingerprint density at radius 2 is 1.33 bits per heavy atom. The molecule has 2 saturated heterocycles. The lowest BCUT2D eigenvalue weighted by Gasteiger charge is -2.27. The molecule has 5 rings (SSSR count). The van der Waals surface area contributed by atoms with Crippen molar-refractivity contribution < 1.29 is 18.4 Å². The van der Waals surface area contributed by atoms with Crippen molar-refractivity contribution in [2.24, 2.45) is 0 Å². The molecule has 1 N–H and O–H groups in total. The van der Waals surface area contributed by atoms with E-state index in [0.29, 0.717) is 30.6 Å². The largest absolute Gasteiger partial charge is 0.317 e. The molecule has 0 aliphatic carbocycles. The van der Waals surface area contributed by atoms with E-state index in [-0.39, 0.29) is 12.4 Å². The topological polar surface area (TPSA) is 49.4 Å². The lowest BCUT2D eigenvalue weighted by molar-refractivity contribution is 0.111. The lowest BCUT2D eigenvalue weighted by Crippen LogP contribution is -2.33. The van der Waals surface area contributed by atoms with Gasteiger partial charge in [0.15, 0.2) is 12.6 Å². The first kappa shape index (κ1) is 43.9. The van der Waals surface area contributed by atoms with Crippen LogP contribution in [0.15, 0.2) is 40.2 Å². The highest BCUT2D eigenvalue weighted by molar-refractivity contribution is 9.11. The molecule has 2 aliphatic rings. The second kappa shape index (κ2) is 25.0. The Kier molecular flexibility index (Phi) is 23.8. The molecule has 0 spiro atoms. The maximum atomic E-state index is 12.9. The van der Waals surface area contributed by atoms with Crippen LogP contribution < -0.4 is 5.32 Å². The van der Waals surface area contributed by atoms with E-state index in [4.69, 9.17) is 19.3 Å². The third-order valence-electron chi connectivity index (χ3n) is 6.00. The standard InChI is InChI=1S/C12H14FNS.C7H4OS.C5H3BrOS.C5H10FN.C5H10Si.ClH/c1-2-11-3-4-12(15-11)9-14-7-5-10(13)6-8-14;1-2-6-3-4-7(5-8)9-6;6-5-2-1-4(3-7)8-5;6-5-1-3-7-4-2-5;1-5-6(2,3)4;/h1,3-4,10H,5-9H2;1,3-5H;1-3H;5,7H,1-4H2;1H,2-4H3;1H. The van der Waals surface area contributed by atoms with Crippen LogP contribution in [0.5, 0.6) is 0 Å². The SMILES string of the molecule is C#C[Si](C)(C)C.C#Cc1ccc(C=O)s1.C#Cc1ccc(CN2CCC(F)CC2)s1.Cl.FC1CCNCC1.O=Cc1ccc(Br)s1. The minimum atomic E-state index is -1.10. The Balaban J connectivity index is 0.000000573. The molecule has 0 radical (unpaired) electrons. The highest BCUT2D eigenvalue weighted by Crippen LogP contribution is 2.21. The van der Waals surface area contributed by atoms with Crippen LogP contribution in [0.2, 0.25) is 19.6 Å². The van der Waals surface area contributed by atoms with Crippen LogP contribution >= 0.6 is 62.3 Å². The van der Waals surface area contributed by atoms with Crippen LogP contribution in [0.4, 0.5) is 8.78 Å². The third kappa shape index (κ3) is 20.9. The molecule has 5 heterocycles. The molecule has 2 aliphatic heterocycles. The Bertz CT molecular complexity index is 1400. The van der Waals surface area contributed by atoms with Gasteiger partial charge in [-0.25, -0.2) is 8.78 Å². The number of carbonyl (C=O) groups is 2. The normalized spacial score (nSPS) is 14.6. The number of rotatable bonds is 4. The predicted molar refractivity (Wildman–Crippen MR) is 203 cm³/mol. The summed E-state index contributed by atoms with van der Waals surface area (Å²) in [6, 6.07) is 11.2. The zero-order valence-corrected chi connectivity index (χ0v) is 32.3. The fourth-order valence-corrected chi connectivity index (χ4v) is 6.22. The molecule has 250 valence electrons. The van der Waals surface area contributed by atoms with E-state index >= 15 is 0 Å². The third-order valence-corrected chi connectivity index (χ3v) is 10.4. The van der Waals surface area contributed by atoms with Crippen LogP contribution in [0, 0.1) is 36.7 Å². The summed E-state index contributed by atoms with van der Waals surface area (Å²) in [5.74, 6) is 5.07. The zero-order chi connectivity index (χ0) is 33.7. The molecule has 3 aromatic rings. The highest BCUT2D eigenvalue weighted by atomic mass is 79.9. The molecular formula is C34H42BrClF2N2O2S3Si. The van der Waals surface area contributed by atoms with Crippen molar-refractivity contribution in [2.45, 2.75) is 64.2 Å². The Hall–Kier alpha value is -2.11. The minimum Gasteiger partial charge on any atom is -0.317 e. The molecule has 0 amide bonds. The van der Waals surface area contributed by atoms with Gasteiger partial charge in [0.05, 0.1) is 23.3 Å². The first-order valence-corrected chi connectivity index (χ1v) is 21.1. The molecule has 46 heavy (non-hydrogen) atoms. The monoisotopic (exact) mass is 786 g/mol. The first-order chi connectivity index (χ1) is 21.4. The molecule has 0 aromatic carbocycles. The summed E-state index contributed by atoms with van der Waals surface area (Å²) in [4.78, 5) is 26.9. The van der Waals surface area contributed by atoms with E-state index in [2.05, 4.69) is 69.2 Å². The van der Waals surface area contributed by atoms with Crippen LogP contribution in [0.3, 0.4) is 0 Å². The number of hydrogen-bond acceptors (Lipinski definition) is 7. The first-order valence-electron chi connectivity index (χ1n) is 14.4. The van der Waals surface area contributed by atoms with Crippen LogP contribution in [0.1, 0.15) is 59.7 Å². The average Bonchev–Trinajstić information content (AvgIpc) is 3.81. The maximum Gasteiger partial charge on any atom is 0.160 e. The smallest absolute Gasteiger partial charge is 0.160 e. The van der Waals surface area contributed by atoms with Gasteiger partial charge in [-0.1, -0.05) is 31.5 Å². The van der Waals surface area contributed by atoms with Crippen molar-refractivity contribution in [2.75, 3.05) is 26.2 Å². The van der Waals surface area contributed by atoms with Crippen LogP contribution in [0.25, 0.3) is 0 Å². The molecule has 0 saturated carbocycles.